The fourth-order valence-corrected chi connectivity index (χ4v) is 2.01. The summed E-state index contributed by atoms with van der Waals surface area (Å²) in [5.41, 5.74) is 1.68. The number of urea groups is 1. The Morgan fingerprint density at radius 2 is 2.10 bits per heavy atom. The highest BCUT2D eigenvalue weighted by Gasteiger charge is 2.23. The predicted molar refractivity (Wildman–Crippen MR) is 84.4 cm³/mol. The first-order valence-corrected chi connectivity index (χ1v) is 7.04. The van der Waals surface area contributed by atoms with Gasteiger partial charge in [0.1, 0.15) is 0 Å². The first kappa shape index (κ1) is 15.3. The highest BCUT2D eigenvalue weighted by molar-refractivity contribution is 5.99. The Kier molecular flexibility index (Phi) is 4.43. The zero-order valence-corrected chi connectivity index (χ0v) is 12.6. The second-order valence-corrected chi connectivity index (χ2v) is 5.48. The molecule has 0 aliphatic rings. The van der Waals surface area contributed by atoms with E-state index in [1.54, 1.807) is 6.92 Å². The summed E-state index contributed by atoms with van der Waals surface area (Å²) in [4.78, 5) is 16.6. The Morgan fingerprint density at radius 1 is 1.33 bits per heavy atom. The van der Waals surface area contributed by atoms with Crippen molar-refractivity contribution in [1.29, 1.82) is 0 Å². The smallest absolute Gasteiger partial charge is 0.319 e. The first-order valence-electron chi connectivity index (χ1n) is 7.04. The fraction of sp³-hybridized carbons (Fsp3) is 0.375. The topological polar surface area (TPSA) is 74.2 Å². The van der Waals surface area contributed by atoms with Crippen LogP contribution in [0.25, 0.3) is 10.9 Å². The maximum absolute atomic E-state index is 12.1. The molecular weight excluding hydrogens is 266 g/mol. The highest BCUT2D eigenvalue weighted by Crippen LogP contribution is 2.21. The summed E-state index contributed by atoms with van der Waals surface area (Å²) in [5, 5.41) is 15.9. The van der Waals surface area contributed by atoms with Crippen molar-refractivity contribution in [3.8, 4) is 0 Å². The lowest BCUT2D eigenvalue weighted by Crippen LogP contribution is -2.50. The van der Waals surface area contributed by atoms with Crippen molar-refractivity contribution in [3.63, 3.8) is 0 Å². The zero-order valence-electron chi connectivity index (χ0n) is 12.6. The van der Waals surface area contributed by atoms with Gasteiger partial charge in [-0.15, -0.1) is 0 Å². The molecule has 5 nitrogen and oxygen atoms in total. The molecule has 0 spiro atoms. The van der Waals surface area contributed by atoms with E-state index >= 15 is 0 Å². The molecule has 1 unspecified atom stereocenters. The lowest BCUT2D eigenvalue weighted by Gasteiger charge is -2.27. The quantitative estimate of drug-likeness (QED) is 0.809. The molecule has 0 aliphatic heterocycles. The van der Waals surface area contributed by atoms with E-state index in [9.17, 15) is 9.90 Å². The number of hydrogen-bond donors (Lipinski definition) is 3. The van der Waals surface area contributed by atoms with Gasteiger partial charge in [-0.2, -0.15) is 0 Å². The van der Waals surface area contributed by atoms with Gasteiger partial charge in [0.15, 0.2) is 0 Å². The number of pyridine rings is 1. The largest absolute Gasteiger partial charge is 0.394 e. The number of carbonyl (C=O) groups is 1. The van der Waals surface area contributed by atoms with Crippen molar-refractivity contribution in [1.82, 2.24) is 10.3 Å². The predicted octanol–water partition coefficient (Wildman–Crippen LogP) is 2.83. The molecule has 2 aromatic rings. The molecule has 0 fully saturated rings. The third-order valence-electron chi connectivity index (χ3n) is 3.65. The number of fused-ring (bicyclic) bond motifs is 1. The molecule has 112 valence electrons. The van der Waals surface area contributed by atoms with Gasteiger partial charge in [0.05, 0.1) is 23.3 Å². The van der Waals surface area contributed by atoms with Crippen LogP contribution in [-0.2, 0) is 0 Å². The molecule has 1 atom stereocenters. The van der Waals surface area contributed by atoms with Crippen LogP contribution >= 0.6 is 0 Å². The van der Waals surface area contributed by atoms with E-state index in [1.807, 2.05) is 44.2 Å². The van der Waals surface area contributed by atoms with Crippen molar-refractivity contribution in [2.45, 2.75) is 32.7 Å². The third-order valence-corrected chi connectivity index (χ3v) is 3.65. The number of para-hydroxylation sites is 1. The second-order valence-electron chi connectivity index (χ2n) is 5.48. The molecule has 3 N–H and O–H groups in total. The molecule has 21 heavy (non-hydrogen) atoms. The number of amides is 2. The van der Waals surface area contributed by atoms with Gasteiger partial charge < -0.3 is 15.7 Å². The minimum Gasteiger partial charge on any atom is -0.394 e. The van der Waals surface area contributed by atoms with Crippen LogP contribution in [0, 0.1) is 6.92 Å². The van der Waals surface area contributed by atoms with Crippen LogP contribution in [0.3, 0.4) is 0 Å². The van der Waals surface area contributed by atoms with Crippen molar-refractivity contribution < 1.29 is 9.90 Å². The molecule has 1 aromatic carbocycles. The number of anilines is 1. The number of aliphatic hydroxyl groups is 1. The molecule has 2 rings (SSSR count). The fourth-order valence-electron chi connectivity index (χ4n) is 2.01. The summed E-state index contributed by atoms with van der Waals surface area (Å²) < 4.78 is 0. The van der Waals surface area contributed by atoms with E-state index in [0.717, 1.165) is 16.6 Å². The first-order chi connectivity index (χ1) is 9.97. The van der Waals surface area contributed by atoms with Gasteiger partial charge >= 0.3 is 6.03 Å². The summed E-state index contributed by atoms with van der Waals surface area (Å²) in [5.74, 6) is 0. The van der Waals surface area contributed by atoms with Gasteiger partial charge in [-0.05, 0) is 32.4 Å². The molecule has 0 radical (unpaired) electrons. The van der Waals surface area contributed by atoms with E-state index in [2.05, 4.69) is 15.6 Å². The summed E-state index contributed by atoms with van der Waals surface area (Å²) >= 11 is 0. The maximum atomic E-state index is 12.1. The van der Waals surface area contributed by atoms with Gasteiger partial charge in [-0.3, -0.25) is 4.98 Å². The SMILES string of the molecule is CCC(C)(CO)NC(=O)Nc1cccc2ccc(C)nc12. The van der Waals surface area contributed by atoms with Crippen LogP contribution < -0.4 is 10.6 Å². The molecule has 0 bridgehead atoms. The number of rotatable bonds is 4. The minimum absolute atomic E-state index is 0.107. The van der Waals surface area contributed by atoms with Gasteiger partial charge in [0.2, 0.25) is 0 Å². The molecule has 1 heterocycles. The molecular formula is C16H21N3O2. The van der Waals surface area contributed by atoms with Gasteiger partial charge in [-0.1, -0.05) is 25.1 Å². The molecule has 0 aliphatic carbocycles. The normalized spacial score (nSPS) is 13.7. The Bertz CT molecular complexity index is 651. The molecule has 0 saturated carbocycles. The van der Waals surface area contributed by atoms with Crippen LogP contribution in [0.15, 0.2) is 30.3 Å². The van der Waals surface area contributed by atoms with Crippen molar-refractivity contribution in [2.75, 3.05) is 11.9 Å². The number of aryl methyl sites for hydroxylation is 1. The van der Waals surface area contributed by atoms with Gasteiger partial charge in [0.25, 0.3) is 0 Å². The summed E-state index contributed by atoms with van der Waals surface area (Å²) in [7, 11) is 0. The summed E-state index contributed by atoms with van der Waals surface area (Å²) in [6, 6.07) is 9.21. The van der Waals surface area contributed by atoms with Crippen LogP contribution in [0.1, 0.15) is 26.0 Å². The standard InChI is InChI=1S/C16H21N3O2/c1-4-16(3,10-20)19-15(21)18-13-7-5-6-12-9-8-11(2)17-14(12)13/h5-9,20H,4,10H2,1-3H3,(H2,18,19,21). The number of aliphatic hydroxyl groups excluding tert-OH is 1. The van der Waals surface area contributed by atoms with Gasteiger partial charge in [0, 0.05) is 11.1 Å². The lowest BCUT2D eigenvalue weighted by atomic mass is 10.0. The molecule has 1 aromatic heterocycles. The number of carbonyl (C=O) groups excluding carboxylic acids is 1. The van der Waals surface area contributed by atoms with Crippen LogP contribution in [0.4, 0.5) is 10.5 Å². The van der Waals surface area contributed by atoms with E-state index in [0.29, 0.717) is 12.1 Å². The molecule has 0 saturated heterocycles. The van der Waals surface area contributed by atoms with Gasteiger partial charge in [-0.25, -0.2) is 4.79 Å². The summed E-state index contributed by atoms with van der Waals surface area (Å²) in [6.45, 7) is 5.53. The Balaban J connectivity index is 2.24. The number of hydrogen-bond acceptors (Lipinski definition) is 3. The number of nitrogens with zero attached hydrogens (tertiary/aromatic N) is 1. The minimum atomic E-state index is -0.627. The Morgan fingerprint density at radius 3 is 2.76 bits per heavy atom. The molecule has 2 amide bonds. The highest BCUT2D eigenvalue weighted by atomic mass is 16.3. The average molecular weight is 287 g/mol. The van der Waals surface area contributed by atoms with Crippen LogP contribution in [0.5, 0.6) is 0 Å². The van der Waals surface area contributed by atoms with E-state index < -0.39 is 5.54 Å². The van der Waals surface area contributed by atoms with E-state index in [-0.39, 0.29) is 12.6 Å². The van der Waals surface area contributed by atoms with Crippen LogP contribution in [0.2, 0.25) is 0 Å². The number of aromatic nitrogens is 1. The number of nitrogens with one attached hydrogen (secondary N) is 2. The van der Waals surface area contributed by atoms with E-state index in [1.165, 1.54) is 0 Å². The maximum Gasteiger partial charge on any atom is 0.319 e. The van der Waals surface area contributed by atoms with Crippen molar-refractivity contribution in [3.05, 3.63) is 36.0 Å². The van der Waals surface area contributed by atoms with Crippen molar-refractivity contribution >= 4 is 22.6 Å². The number of benzene rings is 1. The summed E-state index contributed by atoms with van der Waals surface area (Å²) in [6.07, 6.45) is 0.643. The Labute approximate surface area is 124 Å². The Hall–Kier alpha value is -2.14. The molecule has 5 heteroatoms. The zero-order chi connectivity index (χ0) is 15.5. The third kappa shape index (κ3) is 3.49. The van der Waals surface area contributed by atoms with Crippen molar-refractivity contribution in [2.24, 2.45) is 0 Å². The van der Waals surface area contributed by atoms with Crippen LogP contribution in [-0.4, -0.2) is 28.3 Å². The monoisotopic (exact) mass is 287 g/mol. The van der Waals surface area contributed by atoms with E-state index in [4.69, 9.17) is 0 Å². The average Bonchev–Trinajstić information content (AvgIpc) is 2.47. The lowest BCUT2D eigenvalue weighted by molar-refractivity contribution is 0.172. The second kappa shape index (κ2) is 6.10.